The highest BCUT2D eigenvalue weighted by Crippen LogP contribution is 2.19. The largest absolute Gasteiger partial charge is 0.756 e. The lowest BCUT2D eigenvalue weighted by Gasteiger charge is -2.01. The molecule has 0 aliphatic heterocycles. The van der Waals surface area contributed by atoms with Crippen molar-refractivity contribution in [3.05, 3.63) is 49.1 Å². The third kappa shape index (κ3) is 22.7. The van der Waals surface area contributed by atoms with Gasteiger partial charge in [0.1, 0.15) is 0 Å². The lowest BCUT2D eigenvalue weighted by Crippen LogP contribution is -1.99. The Balaban J connectivity index is -0.000000316. The van der Waals surface area contributed by atoms with Gasteiger partial charge >= 0.3 is 0 Å². The Labute approximate surface area is 136 Å². The molecule has 0 fully saturated rings. The lowest BCUT2D eigenvalue weighted by atomic mass is 10.1. The van der Waals surface area contributed by atoms with E-state index < -0.39 is 15.6 Å². The molecule has 0 amide bonds. The van der Waals surface area contributed by atoms with Crippen molar-refractivity contribution < 1.29 is 59.4 Å². The molecule has 2 aromatic heterocycles. The summed E-state index contributed by atoms with van der Waals surface area (Å²) in [5.41, 5.74) is 2.45. The first-order valence-corrected chi connectivity index (χ1v) is 8.48. The third-order valence-electron chi connectivity index (χ3n) is 1.77. The average Bonchev–Trinajstić information content (AvgIpc) is 2.37. The van der Waals surface area contributed by atoms with Gasteiger partial charge in [0, 0.05) is 24.3 Å². The zero-order chi connectivity index (χ0) is 17.2. The molecule has 0 unspecified atom stereocenters. The molecule has 138 valence electrons. The van der Waals surface area contributed by atoms with E-state index in [1.54, 1.807) is 0 Å². The molecule has 0 saturated heterocycles. The number of phosphoric acid groups is 2. The highest BCUT2D eigenvalue weighted by atomic mass is 31.2. The van der Waals surface area contributed by atoms with Crippen LogP contribution < -0.4 is 19.8 Å². The third-order valence-corrected chi connectivity index (χ3v) is 1.77. The van der Waals surface area contributed by atoms with E-state index >= 15 is 0 Å². The maximum absolute atomic E-state index is 8.77. The van der Waals surface area contributed by atoms with Crippen molar-refractivity contribution in [3.8, 4) is 11.1 Å². The van der Waals surface area contributed by atoms with Crippen molar-refractivity contribution in [2.75, 3.05) is 0 Å². The molecular weight excluding hydrogens is 370 g/mol. The average molecular weight is 388 g/mol. The van der Waals surface area contributed by atoms with Crippen molar-refractivity contribution in [2.24, 2.45) is 0 Å². The molecule has 2 rings (SSSR count). The number of H-pyrrole nitrogens is 2. The summed E-state index contributed by atoms with van der Waals surface area (Å²) in [6.07, 6.45) is 7.69. The summed E-state index contributed by atoms with van der Waals surface area (Å²) in [5.74, 6) is 0. The Morgan fingerprint density at radius 3 is 1.00 bits per heavy atom. The van der Waals surface area contributed by atoms with Gasteiger partial charge in [-0.3, -0.25) is 9.13 Å². The van der Waals surface area contributed by atoms with E-state index in [-0.39, 0.29) is 11.0 Å². The first-order chi connectivity index (χ1) is 9.97. The smallest absolute Gasteiger partial charge is 0.262 e. The van der Waals surface area contributed by atoms with Crippen LogP contribution in [-0.2, 0) is 9.13 Å². The van der Waals surface area contributed by atoms with Crippen LogP contribution in [0.1, 0.15) is 0 Å². The number of nitrogens with one attached hydrogen (secondary N) is 2. The minimum absolute atomic E-state index is 0. The topological polar surface area (TPSA) is 252 Å². The quantitative estimate of drug-likeness (QED) is 0.351. The highest BCUT2D eigenvalue weighted by molar-refractivity contribution is 7.43. The van der Waals surface area contributed by atoms with Gasteiger partial charge in [0.25, 0.3) is 15.6 Å². The SMILES string of the molecule is O.O.O=P([O-])(O)O.O=P([O-])(O)O.c1cc(-c2cc[nH+]cc2)cc[nH+]1. The van der Waals surface area contributed by atoms with E-state index in [1.807, 2.05) is 24.8 Å². The first-order valence-electron chi connectivity index (χ1n) is 5.42. The maximum atomic E-state index is 8.77. The molecule has 0 bridgehead atoms. The molecule has 14 heteroatoms. The molecule has 2 aromatic rings. The van der Waals surface area contributed by atoms with Crippen LogP contribution in [0.3, 0.4) is 0 Å². The molecule has 2 heterocycles. The monoisotopic (exact) mass is 388 g/mol. The number of aromatic amines is 2. The van der Waals surface area contributed by atoms with Gasteiger partial charge in [-0.25, -0.2) is 9.97 Å². The summed E-state index contributed by atoms with van der Waals surface area (Å²) in [5, 5.41) is 0. The first kappa shape index (κ1) is 27.3. The Bertz CT molecular complexity index is 557. The van der Waals surface area contributed by atoms with E-state index in [0.717, 1.165) is 0 Å². The Morgan fingerprint density at radius 1 is 0.667 bits per heavy atom. The van der Waals surface area contributed by atoms with E-state index in [0.29, 0.717) is 0 Å². The molecule has 0 spiro atoms. The minimum Gasteiger partial charge on any atom is -0.756 e. The summed E-state index contributed by atoms with van der Waals surface area (Å²) in [7, 11) is -9.78. The summed E-state index contributed by atoms with van der Waals surface area (Å²) >= 11 is 0. The molecule has 0 aliphatic rings. The zero-order valence-corrected chi connectivity index (χ0v) is 13.7. The second-order valence-electron chi connectivity index (χ2n) is 3.56. The summed E-state index contributed by atoms with van der Waals surface area (Å²) in [6, 6.07) is 8.20. The Kier molecular flexibility index (Phi) is 14.6. The van der Waals surface area contributed by atoms with E-state index in [1.165, 1.54) is 11.1 Å². The predicted molar refractivity (Wildman–Crippen MR) is 76.3 cm³/mol. The van der Waals surface area contributed by atoms with E-state index in [4.69, 9.17) is 38.5 Å². The van der Waals surface area contributed by atoms with Gasteiger partial charge in [0.05, 0.1) is 0 Å². The van der Waals surface area contributed by atoms with Crippen LogP contribution in [0.15, 0.2) is 49.1 Å². The van der Waals surface area contributed by atoms with Gasteiger partial charge in [0.15, 0.2) is 24.8 Å². The maximum Gasteiger partial charge on any atom is 0.262 e. The molecule has 0 radical (unpaired) electrons. The Hall–Kier alpha value is -1.56. The van der Waals surface area contributed by atoms with E-state index in [9.17, 15) is 0 Å². The second-order valence-corrected chi connectivity index (χ2v) is 5.52. The van der Waals surface area contributed by atoms with Gasteiger partial charge < -0.3 is 40.3 Å². The molecule has 0 aromatic carbocycles. The van der Waals surface area contributed by atoms with Crippen LogP contribution in [0, 0.1) is 0 Å². The second kappa shape index (κ2) is 12.8. The van der Waals surface area contributed by atoms with Crippen LogP contribution in [-0.4, -0.2) is 30.5 Å². The van der Waals surface area contributed by atoms with Crippen molar-refractivity contribution in [1.82, 2.24) is 0 Å². The summed E-state index contributed by atoms with van der Waals surface area (Å²) in [4.78, 5) is 51.8. The fourth-order valence-electron chi connectivity index (χ4n) is 1.16. The van der Waals surface area contributed by atoms with Gasteiger partial charge in [0.2, 0.25) is 0 Å². The number of hydrogen-bond acceptors (Lipinski definition) is 4. The fourth-order valence-corrected chi connectivity index (χ4v) is 1.16. The number of pyridine rings is 2. The van der Waals surface area contributed by atoms with Crippen molar-refractivity contribution in [1.29, 1.82) is 0 Å². The normalized spacial score (nSPS) is 9.75. The van der Waals surface area contributed by atoms with Crippen molar-refractivity contribution >= 4 is 15.6 Å². The van der Waals surface area contributed by atoms with Gasteiger partial charge in [-0.05, 0) is 11.1 Å². The molecule has 0 aliphatic carbocycles. The molecule has 24 heavy (non-hydrogen) atoms. The number of hydrogen-bond donors (Lipinski definition) is 4. The molecule has 12 nitrogen and oxygen atoms in total. The van der Waals surface area contributed by atoms with Crippen molar-refractivity contribution in [2.45, 2.75) is 0 Å². The van der Waals surface area contributed by atoms with E-state index in [2.05, 4.69) is 34.2 Å². The Morgan fingerprint density at radius 2 is 0.833 bits per heavy atom. The van der Waals surface area contributed by atoms with Crippen LogP contribution >= 0.6 is 15.6 Å². The van der Waals surface area contributed by atoms with Crippen LogP contribution in [0.25, 0.3) is 11.1 Å². The van der Waals surface area contributed by atoms with Crippen LogP contribution in [0.4, 0.5) is 0 Å². The minimum atomic E-state index is -4.89. The molecular formula is C10H18N2O10P2. The molecule has 0 saturated carbocycles. The predicted octanol–water partition coefficient (Wildman–Crippen LogP) is -3.79. The van der Waals surface area contributed by atoms with Gasteiger partial charge in [-0.2, -0.15) is 0 Å². The number of aromatic nitrogens is 2. The van der Waals surface area contributed by atoms with Gasteiger partial charge in [-0.15, -0.1) is 0 Å². The standard InChI is InChI=1S/C10H8N2.2H3O4P.2H2O/c1-5-11-6-2-9(1)10-3-7-12-8-4-10;2*1-5(2,3)4;;/h1-8H;2*(H3,1,2,3,4);2*1H2. The lowest BCUT2D eigenvalue weighted by molar-refractivity contribution is -0.378. The van der Waals surface area contributed by atoms with Crippen molar-refractivity contribution in [3.63, 3.8) is 0 Å². The fraction of sp³-hybridized carbons (Fsp3) is 0. The summed E-state index contributed by atoms with van der Waals surface area (Å²) in [6.45, 7) is 0. The summed E-state index contributed by atoms with van der Waals surface area (Å²) < 4.78 is 17.5. The number of rotatable bonds is 1. The molecule has 10 N–H and O–H groups in total. The van der Waals surface area contributed by atoms with Crippen LogP contribution in [0.2, 0.25) is 0 Å². The van der Waals surface area contributed by atoms with Crippen LogP contribution in [0.5, 0.6) is 0 Å². The zero-order valence-electron chi connectivity index (χ0n) is 11.9. The molecule has 0 atom stereocenters. The van der Waals surface area contributed by atoms with Gasteiger partial charge in [-0.1, -0.05) is 0 Å². The highest BCUT2D eigenvalue weighted by Gasteiger charge is 1.97.